The van der Waals surface area contributed by atoms with Crippen molar-refractivity contribution < 1.29 is 8.78 Å². The molecule has 0 radical (unpaired) electrons. The smallest absolute Gasteiger partial charge is 0.123 e. The molecule has 4 rings (SSSR count). The number of piperidine rings is 1. The van der Waals surface area contributed by atoms with Gasteiger partial charge < -0.3 is 5.32 Å². The van der Waals surface area contributed by atoms with Crippen LogP contribution < -0.4 is 5.32 Å². The van der Waals surface area contributed by atoms with Gasteiger partial charge in [0.1, 0.15) is 11.6 Å². The summed E-state index contributed by atoms with van der Waals surface area (Å²) < 4.78 is 26.9. The average Bonchev–Trinajstić information content (AvgIpc) is 2.94. The molecule has 0 spiro atoms. The highest BCUT2D eigenvalue weighted by molar-refractivity contribution is 5.32. The Balaban J connectivity index is 1.57. The van der Waals surface area contributed by atoms with Crippen LogP contribution in [-0.4, -0.2) is 28.6 Å². The molecule has 4 heteroatoms. The van der Waals surface area contributed by atoms with Gasteiger partial charge in [0.05, 0.1) is 6.04 Å². The lowest BCUT2D eigenvalue weighted by atomic mass is 9.89. The van der Waals surface area contributed by atoms with E-state index in [1.807, 2.05) is 24.3 Å². The van der Waals surface area contributed by atoms with Gasteiger partial charge in [-0.25, -0.2) is 8.78 Å². The Hall–Kier alpha value is -1.78. The third kappa shape index (κ3) is 3.99. The van der Waals surface area contributed by atoms with Gasteiger partial charge in [0.25, 0.3) is 0 Å². The molecule has 2 aromatic rings. The Morgan fingerprint density at radius 3 is 1.64 bits per heavy atom. The molecule has 2 nitrogen and oxygen atoms in total. The minimum atomic E-state index is -0.238. The third-order valence-electron chi connectivity index (χ3n) is 6.32. The van der Waals surface area contributed by atoms with E-state index in [1.54, 1.807) is 0 Å². The van der Waals surface area contributed by atoms with Crippen LogP contribution in [0.15, 0.2) is 48.5 Å². The zero-order valence-corrected chi connectivity index (χ0v) is 17.0. The molecule has 2 heterocycles. The summed E-state index contributed by atoms with van der Waals surface area (Å²) in [6.07, 6.45) is 4.76. The first-order chi connectivity index (χ1) is 13.3. The zero-order valence-electron chi connectivity index (χ0n) is 17.0. The van der Waals surface area contributed by atoms with Crippen LogP contribution in [0.5, 0.6) is 0 Å². The van der Waals surface area contributed by atoms with Gasteiger partial charge in [-0.2, -0.15) is 0 Å². The van der Waals surface area contributed by atoms with Crippen LogP contribution in [0.4, 0.5) is 8.78 Å². The van der Waals surface area contributed by atoms with E-state index >= 15 is 0 Å². The molecule has 2 aliphatic heterocycles. The standard InChI is InChI=1S/C24H30F2N2/c1-24(2,3)28-21-12-13-22(28)15-20(14-21)27-23(16-4-8-18(25)9-5-16)17-6-10-19(26)11-7-17/h4-11,20-23,27H,12-15H2,1-3H3. The van der Waals surface area contributed by atoms with E-state index in [0.717, 1.165) is 24.0 Å². The van der Waals surface area contributed by atoms with Crippen molar-refractivity contribution in [2.24, 2.45) is 0 Å². The van der Waals surface area contributed by atoms with Crippen LogP contribution in [0.2, 0.25) is 0 Å². The second kappa shape index (κ2) is 7.57. The molecule has 2 aromatic carbocycles. The fourth-order valence-electron chi connectivity index (χ4n) is 5.34. The van der Waals surface area contributed by atoms with Crippen molar-refractivity contribution in [1.29, 1.82) is 0 Å². The molecule has 150 valence electrons. The van der Waals surface area contributed by atoms with Crippen LogP contribution in [0.25, 0.3) is 0 Å². The average molecular weight is 385 g/mol. The Kier molecular flexibility index (Phi) is 5.28. The van der Waals surface area contributed by atoms with Crippen molar-refractivity contribution in [1.82, 2.24) is 10.2 Å². The highest BCUT2D eigenvalue weighted by atomic mass is 19.1. The highest BCUT2D eigenvalue weighted by Gasteiger charge is 2.45. The highest BCUT2D eigenvalue weighted by Crippen LogP contribution is 2.41. The second-order valence-corrected chi connectivity index (χ2v) is 9.33. The first-order valence-corrected chi connectivity index (χ1v) is 10.4. The number of rotatable bonds is 4. The molecule has 2 aliphatic rings. The van der Waals surface area contributed by atoms with E-state index in [0.29, 0.717) is 18.1 Å². The summed E-state index contributed by atoms with van der Waals surface area (Å²) in [6, 6.07) is 14.9. The Labute approximate surface area is 166 Å². The molecule has 2 fully saturated rings. The monoisotopic (exact) mass is 384 g/mol. The topological polar surface area (TPSA) is 15.3 Å². The van der Waals surface area contributed by atoms with Crippen molar-refractivity contribution in [2.75, 3.05) is 0 Å². The predicted octanol–water partition coefficient (Wildman–Crippen LogP) is 5.44. The lowest BCUT2D eigenvalue weighted by molar-refractivity contribution is 0.0299. The maximum Gasteiger partial charge on any atom is 0.123 e. The predicted molar refractivity (Wildman–Crippen MR) is 109 cm³/mol. The maximum absolute atomic E-state index is 13.5. The van der Waals surface area contributed by atoms with Gasteiger partial charge in [-0.15, -0.1) is 0 Å². The van der Waals surface area contributed by atoms with Gasteiger partial charge in [-0.05, 0) is 81.8 Å². The van der Waals surface area contributed by atoms with Gasteiger partial charge in [-0.1, -0.05) is 24.3 Å². The summed E-state index contributed by atoms with van der Waals surface area (Å²) >= 11 is 0. The SMILES string of the molecule is CC(C)(C)N1C2CCC1CC(NC(c1ccc(F)cc1)c1ccc(F)cc1)C2. The number of hydrogen-bond acceptors (Lipinski definition) is 2. The number of nitrogens with one attached hydrogen (secondary N) is 1. The molecule has 28 heavy (non-hydrogen) atoms. The van der Waals surface area contributed by atoms with Gasteiger partial charge in [0, 0.05) is 23.7 Å². The van der Waals surface area contributed by atoms with E-state index < -0.39 is 0 Å². The second-order valence-electron chi connectivity index (χ2n) is 9.33. The molecular weight excluding hydrogens is 354 g/mol. The van der Waals surface area contributed by atoms with Crippen LogP contribution in [0.1, 0.15) is 63.6 Å². The fourth-order valence-corrected chi connectivity index (χ4v) is 5.34. The molecule has 2 atom stereocenters. The summed E-state index contributed by atoms with van der Waals surface area (Å²) in [6.45, 7) is 6.93. The minimum absolute atomic E-state index is 0.0632. The van der Waals surface area contributed by atoms with E-state index in [4.69, 9.17) is 0 Å². The van der Waals surface area contributed by atoms with Gasteiger partial charge in [0.2, 0.25) is 0 Å². The number of halogens is 2. The molecule has 2 bridgehead atoms. The number of fused-ring (bicyclic) bond motifs is 2. The Bertz CT molecular complexity index is 735. The number of benzene rings is 2. The Morgan fingerprint density at radius 2 is 1.25 bits per heavy atom. The van der Waals surface area contributed by atoms with E-state index in [2.05, 4.69) is 31.0 Å². The van der Waals surface area contributed by atoms with Crippen molar-refractivity contribution in [3.8, 4) is 0 Å². The molecule has 0 aliphatic carbocycles. The molecule has 0 aromatic heterocycles. The van der Waals surface area contributed by atoms with E-state index in [9.17, 15) is 8.78 Å². The minimum Gasteiger partial charge on any atom is -0.303 e. The fraction of sp³-hybridized carbons (Fsp3) is 0.500. The summed E-state index contributed by atoms with van der Waals surface area (Å²) in [4.78, 5) is 2.70. The number of hydrogen-bond donors (Lipinski definition) is 1. The van der Waals surface area contributed by atoms with Crippen molar-refractivity contribution in [3.63, 3.8) is 0 Å². The van der Waals surface area contributed by atoms with Crippen molar-refractivity contribution in [2.45, 2.75) is 76.2 Å². The summed E-state index contributed by atoms with van der Waals surface area (Å²) in [5.41, 5.74) is 2.22. The van der Waals surface area contributed by atoms with Crippen LogP contribution in [0, 0.1) is 11.6 Å². The zero-order chi connectivity index (χ0) is 19.9. The summed E-state index contributed by atoms with van der Waals surface area (Å²) in [7, 11) is 0. The normalized spacial score (nSPS) is 25.4. The summed E-state index contributed by atoms with van der Waals surface area (Å²) in [5.74, 6) is -0.476. The van der Waals surface area contributed by atoms with Crippen molar-refractivity contribution >= 4 is 0 Å². The Morgan fingerprint density at radius 1 is 0.821 bits per heavy atom. The maximum atomic E-state index is 13.5. The molecule has 2 saturated heterocycles. The van der Waals surface area contributed by atoms with Gasteiger partial charge in [-0.3, -0.25) is 4.90 Å². The lowest BCUT2D eigenvalue weighted by Crippen LogP contribution is -2.56. The van der Waals surface area contributed by atoms with Gasteiger partial charge in [0.15, 0.2) is 0 Å². The molecular formula is C24H30F2N2. The largest absolute Gasteiger partial charge is 0.303 e. The quantitative estimate of drug-likeness (QED) is 0.755. The van der Waals surface area contributed by atoms with Gasteiger partial charge >= 0.3 is 0 Å². The van der Waals surface area contributed by atoms with E-state index in [1.165, 1.54) is 37.1 Å². The van der Waals surface area contributed by atoms with Crippen LogP contribution >= 0.6 is 0 Å². The van der Waals surface area contributed by atoms with E-state index in [-0.39, 0.29) is 23.2 Å². The summed E-state index contributed by atoms with van der Waals surface area (Å²) in [5, 5.41) is 3.83. The molecule has 1 N–H and O–H groups in total. The van der Waals surface area contributed by atoms with Crippen LogP contribution in [-0.2, 0) is 0 Å². The third-order valence-corrected chi connectivity index (χ3v) is 6.32. The molecule has 0 amide bonds. The number of nitrogens with zero attached hydrogens (tertiary/aromatic N) is 1. The molecule has 0 saturated carbocycles. The first kappa shape index (κ1) is 19.5. The van der Waals surface area contributed by atoms with Crippen LogP contribution in [0.3, 0.4) is 0 Å². The van der Waals surface area contributed by atoms with Crippen molar-refractivity contribution in [3.05, 3.63) is 71.3 Å². The first-order valence-electron chi connectivity index (χ1n) is 10.4. The molecule has 2 unspecified atom stereocenters. The lowest BCUT2D eigenvalue weighted by Gasteiger charge is -2.47.